The van der Waals surface area contributed by atoms with Crippen molar-refractivity contribution in [2.24, 2.45) is 0 Å². The molecule has 1 fully saturated rings. The fraction of sp³-hybridized carbons (Fsp3) is 0.500. The van der Waals surface area contributed by atoms with Crippen LogP contribution in [0, 0.1) is 0 Å². The number of thiazole rings is 1. The third-order valence-corrected chi connectivity index (χ3v) is 4.88. The van der Waals surface area contributed by atoms with Gasteiger partial charge in [0.15, 0.2) is 5.13 Å². The maximum absolute atomic E-state index is 12.7. The zero-order valence-corrected chi connectivity index (χ0v) is 12.0. The lowest BCUT2D eigenvalue weighted by Gasteiger charge is -2.37. The Kier molecular flexibility index (Phi) is 3.79. The molecule has 0 bridgehead atoms. The molecule has 2 aromatic rings. The SMILES string of the molecule is OCCN(c1nc2cc(C(F)(F)F)ccc2s1)C1CCC1. The smallest absolute Gasteiger partial charge is 0.395 e. The van der Waals surface area contributed by atoms with E-state index >= 15 is 0 Å². The van der Waals surface area contributed by atoms with Gasteiger partial charge in [0, 0.05) is 12.6 Å². The molecule has 1 N–H and O–H groups in total. The molecule has 21 heavy (non-hydrogen) atoms. The van der Waals surface area contributed by atoms with Gasteiger partial charge in [0.2, 0.25) is 0 Å². The van der Waals surface area contributed by atoms with Gasteiger partial charge in [-0.15, -0.1) is 0 Å². The third-order valence-electron chi connectivity index (χ3n) is 3.81. The third kappa shape index (κ3) is 2.85. The Bertz CT molecular complexity index is 637. The molecule has 1 aliphatic carbocycles. The first-order chi connectivity index (χ1) is 9.99. The number of benzene rings is 1. The molecule has 0 unspecified atom stereocenters. The lowest BCUT2D eigenvalue weighted by atomic mass is 9.92. The highest BCUT2D eigenvalue weighted by molar-refractivity contribution is 7.22. The summed E-state index contributed by atoms with van der Waals surface area (Å²) in [7, 11) is 0. The van der Waals surface area contributed by atoms with Crippen molar-refractivity contribution >= 4 is 26.7 Å². The first-order valence-corrected chi connectivity index (χ1v) is 7.66. The van der Waals surface area contributed by atoms with Crippen molar-refractivity contribution in [3.8, 4) is 0 Å². The highest BCUT2D eigenvalue weighted by atomic mass is 32.1. The average molecular weight is 316 g/mol. The molecule has 0 saturated heterocycles. The number of aromatic nitrogens is 1. The molecule has 1 heterocycles. The van der Waals surface area contributed by atoms with Crippen LogP contribution in [0.4, 0.5) is 18.3 Å². The van der Waals surface area contributed by atoms with Crippen LogP contribution in [0.15, 0.2) is 18.2 Å². The molecule has 114 valence electrons. The minimum absolute atomic E-state index is 0.0141. The van der Waals surface area contributed by atoms with Gasteiger partial charge < -0.3 is 10.0 Å². The number of aliphatic hydroxyl groups is 1. The van der Waals surface area contributed by atoms with Gasteiger partial charge in [-0.1, -0.05) is 11.3 Å². The first-order valence-electron chi connectivity index (χ1n) is 6.84. The van der Waals surface area contributed by atoms with Crippen LogP contribution in [0.25, 0.3) is 10.2 Å². The summed E-state index contributed by atoms with van der Waals surface area (Å²) in [5, 5.41) is 9.88. The molecule has 1 saturated carbocycles. The molecule has 0 aliphatic heterocycles. The molecule has 0 amide bonds. The zero-order chi connectivity index (χ0) is 15.0. The van der Waals surface area contributed by atoms with Gasteiger partial charge in [0.05, 0.1) is 22.4 Å². The van der Waals surface area contributed by atoms with Crippen molar-refractivity contribution in [1.29, 1.82) is 0 Å². The van der Waals surface area contributed by atoms with E-state index in [0.717, 1.165) is 36.1 Å². The van der Waals surface area contributed by atoms with Crippen LogP contribution in [-0.4, -0.2) is 29.3 Å². The van der Waals surface area contributed by atoms with Gasteiger partial charge in [-0.05, 0) is 37.5 Å². The van der Waals surface area contributed by atoms with Crippen LogP contribution in [-0.2, 0) is 6.18 Å². The van der Waals surface area contributed by atoms with Gasteiger partial charge in [0.25, 0.3) is 0 Å². The van der Waals surface area contributed by atoms with Crippen molar-refractivity contribution in [3.63, 3.8) is 0 Å². The summed E-state index contributed by atoms with van der Waals surface area (Å²) in [6.07, 6.45) is -1.11. The highest BCUT2D eigenvalue weighted by Gasteiger charge is 2.31. The second-order valence-corrected chi connectivity index (χ2v) is 6.19. The Morgan fingerprint density at radius 2 is 2.10 bits per heavy atom. The summed E-state index contributed by atoms with van der Waals surface area (Å²) in [6, 6.07) is 3.99. The van der Waals surface area contributed by atoms with Crippen molar-refractivity contribution < 1.29 is 18.3 Å². The topological polar surface area (TPSA) is 36.4 Å². The lowest BCUT2D eigenvalue weighted by molar-refractivity contribution is -0.137. The summed E-state index contributed by atoms with van der Waals surface area (Å²) in [4.78, 5) is 6.36. The Balaban J connectivity index is 1.95. The summed E-state index contributed by atoms with van der Waals surface area (Å²) >= 11 is 1.38. The number of hydrogen-bond donors (Lipinski definition) is 1. The number of alkyl halides is 3. The Hall–Kier alpha value is -1.34. The highest BCUT2D eigenvalue weighted by Crippen LogP contribution is 2.37. The Morgan fingerprint density at radius 1 is 1.33 bits per heavy atom. The monoisotopic (exact) mass is 316 g/mol. The number of rotatable bonds is 4. The Labute approximate surface area is 124 Å². The zero-order valence-electron chi connectivity index (χ0n) is 11.2. The minimum Gasteiger partial charge on any atom is -0.395 e. The largest absolute Gasteiger partial charge is 0.416 e. The number of hydrogen-bond acceptors (Lipinski definition) is 4. The molecule has 3 rings (SSSR count). The molecule has 3 nitrogen and oxygen atoms in total. The van der Waals surface area contributed by atoms with Gasteiger partial charge >= 0.3 is 6.18 Å². The summed E-state index contributed by atoms with van der Waals surface area (Å²) < 4.78 is 38.9. The van der Waals surface area contributed by atoms with E-state index in [1.54, 1.807) is 0 Å². The summed E-state index contributed by atoms with van der Waals surface area (Å²) in [5.74, 6) is 0. The fourth-order valence-electron chi connectivity index (χ4n) is 2.45. The summed E-state index contributed by atoms with van der Waals surface area (Å²) in [6.45, 7) is 0.483. The lowest BCUT2D eigenvalue weighted by Crippen LogP contribution is -2.41. The van der Waals surface area contributed by atoms with Crippen LogP contribution >= 0.6 is 11.3 Å². The molecular formula is C14H15F3N2OS. The van der Waals surface area contributed by atoms with E-state index in [-0.39, 0.29) is 6.61 Å². The van der Waals surface area contributed by atoms with Crippen molar-refractivity contribution in [2.45, 2.75) is 31.5 Å². The minimum atomic E-state index is -4.35. The van der Waals surface area contributed by atoms with Crippen LogP contribution in [0.3, 0.4) is 0 Å². The molecule has 1 aromatic heterocycles. The number of halogens is 3. The predicted molar refractivity (Wildman–Crippen MR) is 76.7 cm³/mol. The van der Waals surface area contributed by atoms with Crippen molar-refractivity contribution in [1.82, 2.24) is 4.98 Å². The number of aliphatic hydroxyl groups excluding tert-OH is 1. The second kappa shape index (κ2) is 5.46. The van der Waals surface area contributed by atoms with E-state index in [2.05, 4.69) is 4.98 Å². The van der Waals surface area contributed by atoms with Gasteiger partial charge in [0.1, 0.15) is 0 Å². The second-order valence-electron chi connectivity index (χ2n) is 5.18. The van der Waals surface area contributed by atoms with E-state index in [4.69, 9.17) is 0 Å². The number of nitrogens with zero attached hydrogens (tertiary/aromatic N) is 2. The molecule has 7 heteroatoms. The van der Waals surface area contributed by atoms with E-state index in [9.17, 15) is 18.3 Å². The van der Waals surface area contributed by atoms with Crippen molar-refractivity contribution in [3.05, 3.63) is 23.8 Å². The predicted octanol–water partition coefficient (Wildman–Crippen LogP) is 3.67. The Morgan fingerprint density at radius 3 is 2.67 bits per heavy atom. The summed E-state index contributed by atoms with van der Waals surface area (Å²) in [5.41, 5.74) is -0.309. The fourth-order valence-corrected chi connectivity index (χ4v) is 3.50. The maximum Gasteiger partial charge on any atom is 0.416 e. The van der Waals surface area contributed by atoms with E-state index in [1.165, 1.54) is 17.4 Å². The molecule has 0 atom stereocenters. The number of anilines is 1. The normalized spacial score (nSPS) is 16.2. The van der Waals surface area contributed by atoms with E-state index < -0.39 is 11.7 Å². The van der Waals surface area contributed by atoms with Crippen molar-refractivity contribution in [2.75, 3.05) is 18.1 Å². The molecule has 0 spiro atoms. The van der Waals surface area contributed by atoms with Gasteiger partial charge in [-0.25, -0.2) is 4.98 Å². The van der Waals surface area contributed by atoms with Crippen LogP contribution in [0.2, 0.25) is 0 Å². The van der Waals surface area contributed by atoms with Gasteiger partial charge in [-0.2, -0.15) is 13.2 Å². The number of fused-ring (bicyclic) bond motifs is 1. The molecule has 1 aliphatic rings. The molecular weight excluding hydrogens is 301 g/mol. The van der Waals surface area contributed by atoms with Crippen LogP contribution < -0.4 is 4.90 Å². The first kappa shape index (κ1) is 14.6. The maximum atomic E-state index is 12.7. The van der Waals surface area contributed by atoms with Gasteiger partial charge in [-0.3, -0.25) is 0 Å². The molecule has 1 aromatic carbocycles. The standard InChI is InChI=1S/C14H15F3N2OS/c15-14(16,17)9-4-5-12-11(8-9)18-13(21-12)19(6-7-20)10-2-1-3-10/h4-5,8,10,20H,1-3,6-7H2. The van der Waals surface area contributed by atoms with Crippen LogP contribution in [0.1, 0.15) is 24.8 Å². The quantitative estimate of drug-likeness (QED) is 0.935. The van der Waals surface area contributed by atoms with E-state index in [0.29, 0.717) is 23.2 Å². The van der Waals surface area contributed by atoms with Crippen LogP contribution in [0.5, 0.6) is 0 Å². The average Bonchev–Trinajstić information content (AvgIpc) is 2.77. The van der Waals surface area contributed by atoms with E-state index in [1.807, 2.05) is 4.90 Å². The molecule has 0 radical (unpaired) electrons.